The molecule has 1 N–H and O–H groups in total. The lowest BCUT2D eigenvalue weighted by Gasteiger charge is -2.35. The summed E-state index contributed by atoms with van der Waals surface area (Å²) in [6, 6.07) is 32.5. The standard InChI is InChI=1S/C38H43N3O5S/c1-29-18-20-31(21-19-29)27-40(36(26-30-12-6-3-7-13-30)38(43)39-32-14-8-4-9-15-32)37(42)28-41(47(2,44)45)33-22-24-35(25-23-33)46-34-16-10-5-11-17-34/h3,5-7,10-13,16-25,32,36H,4,8-9,14-15,26-28H2,1-2H3,(H,39,43)/t36-/m0/s1. The maximum atomic E-state index is 14.4. The Morgan fingerprint density at radius 3 is 2.00 bits per heavy atom. The normalized spacial score (nSPS) is 14.2. The van der Waals surface area contributed by atoms with Crippen LogP contribution in [0.25, 0.3) is 0 Å². The molecule has 0 bridgehead atoms. The molecule has 1 saturated carbocycles. The summed E-state index contributed by atoms with van der Waals surface area (Å²) in [5.74, 6) is 0.482. The number of carbonyl (C=O) groups excluding carboxylic acids is 2. The number of aryl methyl sites for hydroxylation is 1. The molecule has 0 aromatic heterocycles. The molecular weight excluding hydrogens is 611 g/mol. The second-order valence-electron chi connectivity index (χ2n) is 12.2. The fraction of sp³-hybridized carbons (Fsp3) is 0.316. The quantitative estimate of drug-likeness (QED) is 0.175. The summed E-state index contributed by atoms with van der Waals surface area (Å²) in [7, 11) is -3.88. The van der Waals surface area contributed by atoms with Crippen LogP contribution in [0.2, 0.25) is 0 Å². The molecule has 0 spiro atoms. The predicted molar refractivity (Wildman–Crippen MR) is 186 cm³/mol. The number of anilines is 1. The van der Waals surface area contributed by atoms with Crippen LogP contribution < -0.4 is 14.4 Å². The van der Waals surface area contributed by atoms with Crippen molar-refractivity contribution in [3.63, 3.8) is 0 Å². The zero-order chi connectivity index (χ0) is 33.2. The number of nitrogens with zero attached hydrogens (tertiary/aromatic N) is 2. The first kappa shape index (κ1) is 33.7. The minimum absolute atomic E-state index is 0.0509. The number of carbonyl (C=O) groups is 2. The third-order valence-electron chi connectivity index (χ3n) is 8.48. The van der Waals surface area contributed by atoms with Crippen molar-refractivity contribution in [3.05, 3.63) is 126 Å². The van der Waals surface area contributed by atoms with Crippen molar-refractivity contribution in [3.8, 4) is 11.5 Å². The summed E-state index contributed by atoms with van der Waals surface area (Å²) in [5.41, 5.74) is 3.15. The third-order valence-corrected chi connectivity index (χ3v) is 9.62. The van der Waals surface area contributed by atoms with Crippen LogP contribution in [-0.4, -0.2) is 50.0 Å². The third kappa shape index (κ3) is 9.68. The van der Waals surface area contributed by atoms with Gasteiger partial charge in [0.2, 0.25) is 21.8 Å². The molecule has 0 saturated heterocycles. The van der Waals surface area contributed by atoms with E-state index in [0.29, 0.717) is 23.6 Å². The fourth-order valence-corrected chi connectivity index (χ4v) is 6.76. The molecule has 0 unspecified atom stereocenters. The molecule has 4 aromatic rings. The Bertz CT molecular complexity index is 1710. The number of para-hydroxylation sites is 1. The van der Waals surface area contributed by atoms with Gasteiger partial charge in [-0.15, -0.1) is 0 Å². The molecule has 0 aliphatic heterocycles. The molecule has 4 aromatic carbocycles. The van der Waals surface area contributed by atoms with Crippen LogP contribution in [0.3, 0.4) is 0 Å². The van der Waals surface area contributed by atoms with Crippen molar-refractivity contribution in [2.24, 2.45) is 0 Å². The van der Waals surface area contributed by atoms with E-state index in [2.05, 4.69) is 5.32 Å². The van der Waals surface area contributed by atoms with Gasteiger partial charge in [-0.2, -0.15) is 0 Å². The summed E-state index contributed by atoms with van der Waals surface area (Å²) in [4.78, 5) is 30.0. The second kappa shape index (κ2) is 15.8. The van der Waals surface area contributed by atoms with Gasteiger partial charge in [0.05, 0.1) is 11.9 Å². The highest BCUT2D eigenvalue weighted by molar-refractivity contribution is 7.92. The van der Waals surface area contributed by atoms with Crippen molar-refractivity contribution < 1.29 is 22.7 Å². The molecule has 1 aliphatic carbocycles. The number of sulfonamides is 1. The van der Waals surface area contributed by atoms with E-state index in [1.807, 2.05) is 91.9 Å². The van der Waals surface area contributed by atoms with Crippen LogP contribution in [0, 0.1) is 6.92 Å². The maximum Gasteiger partial charge on any atom is 0.244 e. The molecule has 5 rings (SSSR count). The molecule has 2 amide bonds. The van der Waals surface area contributed by atoms with Crippen LogP contribution in [-0.2, 0) is 32.6 Å². The molecule has 9 heteroatoms. The highest BCUT2D eigenvalue weighted by atomic mass is 32.2. The first-order valence-corrected chi connectivity index (χ1v) is 18.0. The summed E-state index contributed by atoms with van der Waals surface area (Å²) in [6.45, 7) is 1.67. The predicted octanol–water partition coefficient (Wildman–Crippen LogP) is 6.64. The van der Waals surface area contributed by atoms with E-state index in [-0.39, 0.29) is 18.5 Å². The summed E-state index contributed by atoms with van der Waals surface area (Å²) in [5, 5.41) is 3.23. The lowest BCUT2D eigenvalue weighted by Crippen LogP contribution is -2.55. The zero-order valence-electron chi connectivity index (χ0n) is 27.0. The Kier molecular flexibility index (Phi) is 11.3. The summed E-state index contributed by atoms with van der Waals surface area (Å²) < 4.78 is 33.3. The van der Waals surface area contributed by atoms with Crippen LogP contribution in [0.15, 0.2) is 109 Å². The minimum Gasteiger partial charge on any atom is -0.457 e. The minimum atomic E-state index is -3.88. The van der Waals surface area contributed by atoms with Crippen molar-refractivity contribution in [2.75, 3.05) is 17.1 Å². The number of hydrogen-bond acceptors (Lipinski definition) is 5. The van der Waals surface area contributed by atoms with Crippen LogP contribution >= 0.6 is 0 Å². The average Bonchev–Trinajstić information content (AvgIpc) is 3.07. The summed E-state index contributed by atoms with van der Waals surface area (Å²) >= 11 is 0. The monoisotopic (exact) mass is 653 g/mol. The van der Waals surface area contributed by atoms with E-state index in [4.69, 9.17) is 4.74 Å². The van der Waals surface area contributed by atoms with Crippen LogP contribution in [0.1, 0.15) is 48.8 Å². The van der Waals surface area contributed by atoms with Crippen LogP contribution in [0.5, 0.6) is 11.5 Å². The van der Waals surface area contributed by atoms with Gasteiger partial charge in [-0.25, -0.2) is 8.42 Å². The number of hydrogen-bond donors (Lipinski definition) is 1. The number of benzene rings is 4. The van der Waals surface area contributed by atoms with Gasteiger partial charge in [0.15, 0.2) is 0 Å². The maximum absolute atomic E-state index is 14.4. The first-order chi connectivity index (χ1) is 22.7. The van der Waals surface area contributed by atoms with Gasteiger partial charge >= 0.3 is 0 Å². The number of ether oxygens (including phenoxy) is 1. The van der Waals surface area contributed by atoms with Crippen molar-refractivity contribution in [2.45, 2.75) is 64.1 Å². The molecule has 47 heavy (non-hydrogen) atoms. The smallest absolute Gasteiger partial charge is 0.244 e. The van der Waals surface area contributed by atoms with E-state index in [9.17, 15) is 18.0 Å². The number of nitrogens with one attached hydrogen (secondary N) is 1. The van der Waals surface area contributed by atoms with Crippen molar-refractivity contribution in [1.82, 2.24) is 10.2 Å². The van der Waals surface area contributed by atoms with Crippen molar-refractivity contribution >= 4 is 27.5 Å². The Hall–Kier alpha value is -4.63. The van der Waals surface area contributed by atoms with Crippen LogP contribution in [0.4, 0.5) is 5.69 Å². The molecule has 1 aliphatic rings. The lowest BCUT2D eigenvalue weighted by molar-refractivity contribution is -0.140. The van der Waals surface area contributed by atoms with E-state index in [1.165, 1.54) is 0 Å². The molecular formula is C38H43N3O5S. The summed E-state index contributed by atoms with van der Waals surface area (Å²) in [6.07, 6.45) is 6.44. The Balaban J connectivity index is 1.45. The Morgan fingerprint density at radius 1 is 0.787 bits per heavy atom. The van der Waals surface area contributed by atoms with Gasteiger partial charge in [0, 0.05) is 19.0 Å². The molecule has 1 fully saturated rings. The fourth-order valence-electron chi connectivity index (χ4n) is 5.91. The van der Waals surface area contributed by atoms with E-state index in [1.54, 1.807) is 29.2 Å². The van der Waals surface area contributed by atoms with Gasteiger partial charge in [-0.1, -0.05) is 97.6 Å². The van der Waals surface area contributed by atoms with Crippen molar-refractivity contribution in [1.29, 1.82) is 0 Å². The Labute approximate surface area is 278 Å². The van der Waals surface area contributed by atoms with E-state index < -0.39 is 28.5 Å². The zero-order valence-corrected chi connectivity index (χ0v) is 27.9. The topological polar surface area (TPSA) is 96.0 Å². The van der Waals surface area contributed by atoms with E-state index >= 15 is 0 Å². The molecule has 0 radical (unpaired) electrons. The SMILES string of the molecule is Cc1ccc(CN(C(=O)CN(c2ccc(Oc3ccccc3)cc2)S(C)(=O)=O)[C@@H](Cc2ccccc2)C(=O)NC2CCCCC2)cc1. The second-order valence-corrected chi connectivity index (χ2v) is 14.1. The average molecular weight is 654 g/mol. The van der Waals surface area contributed by atoms with Gasteiger partial charge in [-0.05, 0) is 67.3 Å². The van der Waals surface area contributed by atoms with Gasteiger partial charge in [0.1, 0.15) is 24.1 Å². The van der Waals surface area contributed by atoms with Gasteiger partial charge < -0.3 is 15.0 Å². The first-order valence-electron chi connectivity index (χ1n) is 16.2. The van der Waals surface area contributed by atoms with Gasteiger partial charge in [-0.3, -0.25) is 13.9 Å². The van der Waals surface area contributed by atoms with E-state index in [0.717, 1.165) is 59.4 Å². The molecule has 246 valence electrons. The number of rotatable bonds is 13. The lowest BCUT2D eigenvalue weighted by atomic mass is 9.94. The molecule has 8 nitrogen and oxygen atoms in total. The molecule has 0 heterocycles. The largest absolute Gasteiger partial charge is 0.457 e. The Morgan fingerprint density at radius 2 is 1.38 bits per heavy atom. The molecule has 1 atom stereocenters. The highest BCUT2D eigenvalue weighted by Crippen LogP contribution is 2.26. The number of amides is 2. The van der Waals surface area contributed by atoms with Gasteiger partial charge in [0.25, 0.3) is 0 Å². The highest BCUT2D eigenvalue weighted by Gasteiger charge is 2.34.